The van der Waals surface area contributed by atoms with Gasteiger partial charge in [-0.3, -0.25) is 0 Å². The summed E-state index contributed by atoms with van der Waals surface area (Å²) in [6, 6.07) is 0. The van der Waals surface area contributed by atoms with Crippen LogP contribution in [0.1, 0.15) is 22.2 Å². The third-order valence-corrected chi connectivity index (χ3v) is 1.34. The van der Waals surface area contributed by atoms with Crippen molar-refractivity contribution in [2.24, 2.45) is 0 Å². The molecule has 0 heterocycles. The van der Waals surface area contributed by atoms with E-state index in [1.165, 1.54) is 19.6 Å². The van der Waals surface area contributed by atoms with E-state index >= 15 is 0 Å². The van der Waals surface area contributed by atoms with Crippen molar-refractivity contribution in [2.75, 3.05) is 19.6 Å². The van der Waals surface area contributed by atoms with Gasteiger partial charge in [-0.15, -0.1) is 0 Å². The highest BCUT2D eigenvalue weighted by molar-refractivity contribution is 4.43. The first-order chi connectivity index (χ1) is 3.35. The molecule has 0 amide bonds. The highest BCUT2D eigenvalue weighted by Gasteiger charge is 1.89. The maximum atomic E-state index is 2.38. The third kappa shape index (κ3) is 4.41. The normalized spacial score (nSPS) is 9.00. The Morgan fingerprint density at radius 1 is 1.00 bits per heavy atom. The van der Waals surface area contributed by atoms with E-state index in [4.69, 9.17) is 0 Å². The van der Waals surface area contributed by atoms with Crippen LogP contribution in [0.15, 0.2) is 0 Å². The van der Waals surface area contributed by atoms with Gasteiger partial charge in [0.15, 0.2) is 0 Å². The summed E-state index contributed by atoms with van der Waals surface area (Å²) < 4.78 is 0. The first kappa shape index (κ1) is 11.1. The molecule has 0 bridgehead atoms. The van der Waals surface area contributed by atoms with E-state index in [2.05, 4.69) is 25.7 Å². The Balaban J connectivity index is -0.000000180. The van der Waals surface area contributed by atoms with Crippen LogP contribution in [0.25, 0.3) is 0 Å². The predicted octanol–water partition coefficient (Wildman–Crippen LogP) is -1.54. The van der Waals surface area contributed by atoms with Crippen LogP contribution < -0.4 is 12.4 Å². The van der Waals surface area contributed by atoms with Crippen LogP contribution in [0.4, 0.5) is 0 Å². The second kappa shape index (κ2) is 7.25. The highest BCUT2D eigenvalue weighted by Crippen LogP contribution is 1.81. The largest absolute Gasteiger partial charge is 1.00 e. The van der Waals surface area contributed by atoms with Gasteiger partial charge in [-0.1, -0.05) is 20.8 Å². The molecule has 0 atom stereocenters. The topological polar surface area (TPSA) is 3.24 Å². The second-order valence-electron chi connectivity index (χ2n) is 1.62. The SMILES string of the molecule is CCN(CC)CC.[Cl-].[H+]. The predicted molar refractivity (Wildman–Crippen MR) is 34.6 cm³/mol. The molecule has 2 heteroatoms. The molecule has 0 aliphatic carbocycles. The van der Waals surface area contributed by atoms with Gasteiger partial charge in [0.2, 0.25) is 0 Å². The molecule has 8 heavy (non-hydrogen) atoms. The lowest BCUT2D eigenvalue weighted by molar-refractivity contribution is -0.00000175. The van der Waals surface area contributed by atoms with Gasteiger partial charge in [-0.05, 0) is 19.6 Å². The summed E-state index contributed by atoms with van der Waals surface area (Å²) >= 11 is 0. The Morgan fingerprint density at radius 3 is 1.25 bits per heavy atom. The lowest BCUT2D eigenvalue weighted by Gasteiger charge is -2.13. The molecule has 0 rings (SSSR count). The Hall–Kier alpha value is 0.250. The minimum Gasteiger partial charge on any atom is -1.00 e. The standard InChI is InChI=1S/C6H15N.ClH/c1-4-7(5-2)6-3;/h4-6H2,1-3H3;1H. The molecule has 1 nitrogen and oxygen atoms in total. The molecule has 0 aromatic carbocycles. The van der Waals surface area contributed by atoms with Crippen molar-refractivity contribution in [1.29, 1.82) is 0 Å². The number of halogens is 1. The Morgan fingerprint density at radius 2 is 1.25 bits per heavy atom. The first-order valence-electron chi connectivity index (χ1n) is 3.07. The second-order valence-corrected chi connectivity index (χ2v) is 1.62. The molecule has 0 saturated heterocycles. The molecule has 0 radical (unpaired) electrons. The number of nitrogens with zero attached hydrogens (tertiary/aromatic N) is 1. The molecule has 0 aliphatic rings. The highest BCUT2D eigenvalue weighted by atomic mass is 35.5. The van der Waals surface area contributed by atoms with Gasteiger partial charge in [0, 0.05) is 0 Å². The van der Waals surface area contributed by atoms with Crippen LogP contribution in [-0.4, -0.2) is 24.5 Å². The third-order valence-electron chi connectivity index (χ3n) is 1.34. The summed E-state index contributed by atoms with van der Waals surface area (Å²) in [4.78, 5) is 2.38. The number of rotatable bonds is 3. The van der Waals surface area contributed by atoms with Crippen molar-refractivity contribution in [3.05, 3.63) is 0 Å². The van der Waals surface area contributed by atoms with Gasteiger partial charge >= 0.3 is 1.43 Å². The minimum absolute atomic E-state index is 0. The maximum absolute atomic E-state index is 2.38. The van der Waals surface area contributed by atoms with Crippen LogP contribution in [-0.2, 0) is 0 Å². The molecular weight excluding hydrogens is 122 g/mol. The van der Waals surface area contributed by atoms with Crippen molar-refractivity contribution in [2.45, 2.75) is 20.8 Å². The molecule has 0 fully saturated rings. The van der Waals surface area contributed by atoms with Crippen LogP contribution in [0.3, 0.4) is 0 Å². The van der Waals surface area contributed by atoms with Gasteiger partial charge in [0.1, 0.15) is 0 Å². The van der Waals surface area contributed by atoms with Crippen molar-refractivity contribution in [3.8, 4) is 0 Å². The summed E-state index contributed by atoms with van der Waals surface area (Å²) in [5, 5.41) is 0. The van der Waals surface area contributed by atoms with Crippen LogP contribution in [0.2, 0.25) is 0 Å². The van der Waals surface area contributed by atoms with E-state index in [0.717, 1.165) is 0 Å². The zero-order chi connectivity index (χ0) is 5.70. The Kier molecular flexibility index (Phi) is 10.1. The Labute approximate surface area is 60.0 Å². The van der Waals surface area contributed by atoms with Crippen molar-refractivity contribution in [3.63, 3.8) is 0 Å². The minimum atomic E-state index is 0. The molecule has 0 aliphatic heterocycles. The van der Waals surface area contributed by atoms with E-state index in [1.54, 1.807) is 0 Å². The summed E-state index contributed by atoms with van der Waals surface area (Å²) in [7, 11) is 0. The Bertz CT molecular complexity index is 34.5. The van der Waals surface area contributed by atoms with Gasteiger partial charge in [-0.2, -0.15) is 0 Å². The molecule has 0 unspecified atom stereocenters. The summed E-state index contributed by atoms with van der Waals surface area (Å²) in [6.45, 7) is 10.1. The number of hydrogen-bond donors (Lipinski definition) is 0. The van der Waals surface area contributed by atoms with E-state index in [0.29, 0.717) is 0 Å². The van der Waals surface area contributed by atoms with Gasteiger partial charge in [0.25, 0.3) is 0 Å². The number of hydrogen-bond acceptors (Lipinski definition) is 1. The molecule has 0 spiro atoms. The van der Waals surface area contributed by atoms with Crippen molar-refractivity contribution < 1.29 is 13.8 Å². The average molecular weight is 138 g/mol. The smallest absolute Gasteiger partial charge is 1.00 e. The van der Waals surface area contributed by atoms with Gasteiger partial charge in [-0.25, -0.2) is 0 Å². The summed E-state index contributed by atoms with van der Waals surface area (Å²) in [5.41, 5.74) is 0. The van der Waals surface area contributed by atoms with Crippen LogP contribution in [0, 0.1) is 0 Å². The zero-order valence-electron chi connectivity index (χ0n) is 6.95. The quantitative estimate of drug-likeness (QED) is 0.456. The fourth-order valence-electron chi connectivity index (χ4n) is 0.671. The zero-order valence-corrected chi connectivity index (χ0v) is 6.70. The van der Waals surface area contributed by atoms with E-state index < -0.39 is 0 Å². The fraction of sp³-hybridized carbons (Fsp3) is 1.00. The summed E-state index contributed by atoms with van der Waals surface area (Å²) in [6.07, 6.45) is 0. The lowest BCUT2D eigenvalue weighted by Crippen LogP contribution is -3.00. The van der Waals surface area contributed by atoms with E-state index in [-0.39, 0.29) is 13.8 Å². The molecule has 0 N–H and O–H groups in total. The van der Waals surface area contributed by atoms with Crippen molar-refractivity contribution >= 4 is 0 Å². The van der Waals surface area contributed by atoms with E-state index in [1.807, 2.05) is 0 Å². The average Bonchev–Trinajstić information content (AvgIpc) is 1.72. The first-order valence-corrected chi connectivity index (χ1v) is 3.07. The van der Waals surface area contributed by atoms with Crippen molar-refractivity contribution in [1.82, 2.24) is 4.90 Å². The molecule has 52 valence electrons. The monoisotopic (exact) mass is 137 g/mol. The summed E-state index contributed by atoms with van der Waals surface area (Å²) in [5.74, 6) is 0. The fourth-order valence-corrected chi connectivity index (χ4v) is 0.671. The van der Waals surface area contributed by atoms with Gasteiger partial charge in [0.05, 0.1) is 0 Å². The molecular formula is C6H16ClN. The van der Waals surface area contributed by atoms with E-state index in [9.17, 15) is 0 Å². The molecule has 0 aromatic heterocycles. The molecule has 0 saturated carbocycles. The maximum Gasteiger partial charge on any atom is 1.00 e. The lowest BCUT2D eigenvalue weighted by atomic mass is 10.5. The van der Waals surface area contributed by atoms with Crippen LogP contribution in [0.5, 0.6) is 0 Å². The van der Waals surface area contributed by atoms with Crippen LogP contribution >= 0.6 is 0 Å². The van der Waals surface area contributed by atoms with Gasteiger partial charge < -0.3 is 17.3 Å². The molecule has 0 aromatic rings.